The van der Waals surface area contributed by atoms with Crippen molar-refractivity contribution in [3.8, 4) is 11.1 Å². The Kier molecular flexibility index (Phi) is 3.02. The number of aromatic amines is 1. The predicted molar refractivity (Wildman–Crippen MR) is 94.0 cm³/mol. The lowest BCUT2D eigenvalue weighted by Crippen LogP contribution is -1.83. The summed E-state index contributed by atoms with van der Waals surface area (Å²) in [7, 11) is 0. The van der Waals surface area contributed by atoms with Crippen molar-refractivity contribution in [3.63, 3.8) is 0 Å². The molecule has 21 heavy (non-hydrogen) atoms. The van der Waals surface area contributed by atoms with Crippen LogP contribution in [0.5, 0.6) is 0 Å². The molecule has 4 aromatic rings. The fraction of sp³-hybridized carbons (Fsp3) is 0. The van der Waals surface area contributed by atoms with Crippen LogP contribution in [0, 0.1) is 0 Å². The Hall–Kier alpha value is -1.77. The summed E-state index contributed by atoms with van der Waals surface area (Å²) in [5.41, 5.74) is 4.33. The van der Waals surface area contributed by atoms with Crippen molar-refractivity contribution in [2.75, 3.05) is 0 Å². The van der Waals surface area contributed by atoms with Gasteiger partial charge in [-0.25, -0.2) is 0 Å². The van der Waals surface area contributed by atoms with Gasteiger partial charge in [0.2, 0.25) is 0 Å². The molecule has 0 bridgehead atoms. The zero-order valence-corrected chi connectivity index (χ0v) is 13.4. The lowest BCUT2D eigenvalue weighted by Gasteiger charge is -2.09. The van der Waals surface area contributed by atoms with Crippen molar-refractivity contribution in [3.05, 3.63) is 70.2 Å². The van der Waals surface area contributed by atoms with Crippen molar-refractivity contribution < 1.29 is 0 Å². The number of aromatic nitrogens is 1. The normalized spacial score (nSPS) is 11.3. The van der Waals surface area contributed by atoms with Gasteiger partial charge >= 0.3 is 0 Å². The number of fused-ring (bicyclic) bond motifs is 3. The molecule has 3 heteroatoms. The number of hydrogen-bond donors (Lipinski definition) is 1. The molecule has 0 amide bonds. The van der Waals surface area contributed by atoms with Crippen LogP contribution in [-0.2, 0) is 0 Å². The summed E-state index contributed by atoms with van der Waals surface area (Å²) >= 11 is 10.3. The average molecular weight is 357 g/mol. The summed E-state index contributed by atoms with van der Waals surface area (Å²) in [6.07, 6.45) is 0. The molecule has 0 atom stereocenters. The molecule has 0 saturated heterocycles. The Morgan fingerprint density at radius 3 is 2.38 bits per heavy atom. The highest BCUT2D eigenvalue weighted by molar-refractivity contribution is 9.10. The Bertz CT molecular complexity index is 957. The molecule has 102 valence electrons. The summed E-state index contributed by atoms with van der Waals surface area (Å²) < 4.78 is 1.01. The van der Waals surface area contributed by atoms with Crippen molar-refractivity contribution in [2.45, 2.75) is 0 Å². The van der Waals surface area contributed by atoms with Gasteiger partial charge in [-0.3, -0.25) is 0 Å². The monoisotopic (exact) mass is 355 g/mol. The van der Waals surface area contributed by atoms with Crippen LogP contribution >= 0.6 is 27.5 Å². The quantitative estimate of drug-likeness (QED) is 0.406. The minimum Gasteiger partial charge on any atom is -0.354 e. The molecule has 0 aliphatic heterocycles. The van der Waals surface area contributed by atoms with Crippen LogP contribution < -0.4 is 0 Å². The summed E-state index contributed by atoms with van der Waals surface area (Å²) in [5, 5.41) is 3.09. The van der Waals surface area contributed by atoms with E-state index in [1.54, 1.807) is 0 Å². The van der Waals surface area contributed by atoms with Crippen LogP contribution in [0.3, 0.4) is 0 Å². The third-order valence-corrected chi connectivity index (χ3v) is 4.85. The van der Waals surface area contributed by atoms with Crippen molar-refractivity contribution in [2.24, 2.45) is 0 Å². The highest BCUT2D eigenvalue weighted by Crippen LogP contribution is 2.42. The SMILES string of the molecule is Clc1cc2c([nH]c3ccccc32)c(Br)c1-c1ccccc1. The maximum absolute atomic E-state index is 6.56. The van der Waals surface area contributed by atoms with Crippen LogP contribution in [0.2, 0.25) is 5.02 Å². The fourth-order valence-corrected chi connectivity index (χ4v) is 3.97. The molecule has 1 N–H and O–H groups in total. The average Bonchev–Trinajstić information content (AvgIpc) is 2.88. The molecule has 0 aliphatic carbocycles. The second-order valence-corrected chi connectivity index (χ2v) is 6.21. The Morgan fingerprint density at radius 1 is 0.857 bits per heavy atom. The van der Waals surface area contributed by atoms with Gasteiger partial charge in [-0.1, -0.05) is 60.1 Å². The van der Waals surface area contributed by atoms with Gasteiger partial charge < -0.3 is 4.98 Å². The molecule has 4 rings (SSSR count). The lowest BCUT2D eigenvalue weighted by molar-refractivity contribution is 1.52. The maximum Gasteiger partial charge on any atom is 0.0616 e. The summed E-state index contributed by atoms with van der Waals surface area (Å²) in [5.74, 6) is 0. The first-order valence-corrected chi connectivity index (χ1v) is 7.86. The number of halogens is 2. The van der Waals surface area contributed by atoms with Gasteiger partial charge in [-0.15, -0.1) is 0 Å². The van der Waals surface area contributed by atoms with Gasteiger partial charge in [0.15, 0.2) is 0 Å². The molecule has 0 saturated carbocycles. The molecule has 3 aromatic carbocycles. The summed E-state index contributed by atoms with van der Waals surface area (Å²) in [6, 6.07) is 20.5. The first-order valence-electron chi connectivity index (χ1n) is 6.69. The molecule has 0 fully saturated rings. The van der Waals surface area contributed by atoms with Gasteiger partial charge in [0.25, 0.3) is 0 Å². The van der Waals surface area contributed by atoms with E-state index in [0.717, 1.165) is 37.0 Å². The van der Waals surface area contributed by atoms with Crippen LogP contribution in [0.4, 0.5) is 0 Å². The Balaban J connectivity index is 2.13. The smallest absolute Gasteiger partial charge is 0.0616 e. The number of rotatable bonds is 1. The zero-order chi connectivity index (χ0) is 14.4. The van der Waals surface area contributed by atoms with Gasteiger partial charge in [-0.05, 0) is 33.6 Å². The van der Waals surface area contributed by atoms with E-state index < -0.39 is 0 Å². The molecule has 0 spiro atoms. The van der Waals surface area contributed by atoms with Crippen molar-refractivity contribution in [1.82, 2.24) is 4.98 Å². The van der Waals surface area contributed by atoms with Crippen LogP contribution in [0.25, 0.3) is 32.9 Å². The van der Waals surface area contributed by atoms with E-state index in [-0.39, 0.29) is 0 Å². The van der Waals surface area contributed by atoms with E-state index in [1.807, 2.05) is 36.4 Å². The van der Waals surface area contributed by atoms with E-state index in [2.05, 4.69) is 45.2 Å². The highest BCUT2D eigenvalue weighted by atomic mass is 79.9. The van der Waals surface area contributed by atoms with Crippen molar-refractivity contribution in [1.29, 1.82) is 0 Å². The standard InChI is InChI=1S/C18H11BrClN/c19-17-16(11-6-2-1-3-7-11)14(20)10-13-12-8-4-5-9-15(12)21-18(13)17/h1-10,21H. The molecule has 1 heterocycles. The molecule has 0 unspecified atom stereocenters. The second kappa shape index (κ2) is 4.90. The van der Waals surface area contributed by atoms with Gasteiger partial charge in [0.05, 0.1) is 15.0 Å². The van der Waals surface area contributed by atoms with E-state index in [9.17, 15) is 0 Å². The topological polar surface area (TPSA) is 15.8 Å². The zero-order valence-electron chi connectivity index (χ0n) is 11.0. The lowest BCUT2D eigenvalue weighted by atomic mass is 10.0. The fourth-order valence-electron chi connectivity index (χ4n) is 2.78. The highest BCUT2D eigenvalue weighted by Gasteiger charge is 2.15. The number of para-hydroxylation sites is 1. The van der Waals surface area contributed by atoms with E-state index in [4.69, 9.17) is 11.6 Å². The largest absolute Gasteiger partial charge is 0.354 e. The minimum absolute atomic E-state index is 0.755. The Labute approximate surface area is 135 Å². The maximum atomic E-state index is 6.56. The third-order valence-electron chi connectivity index (χ3n) is 3.76. The van der Waals surface area contributed by atoms with Gasteiger partial charge in [-0.2, -0.15) is 0 Å². The van der Waals surface area contributed by atoms with Crippen LogP contribution in [-0.4, -0.2) is 4.98 Å². The second-order valence-electron chi connectivity index (χ2n) is 5.01. The minimum atomic E-state index is 0.755. The molecule has 0 aliphatic rings. The molecule has 1 aromatic heterocycles. The number of nitrogens with one attached hydrogen (secondary N) is 1. The summed E-state index contributed by atoms with van der Waals surface area (Å²) in [4.78, 5) is 3.48. The van der Waals surface area contributed by atoms with Gasteiger partial charge in [0.1, 0.15) is 0 Å². The number of H-pyrrole nitrogens is 1. The number of hydrogen-bond acceptors (Lipinski definition) is 0. The summed E-state index contributed by atoms with van der Waals surface area (Å²) in [6.45, 7) is 0. The third kappa shape index (κ3) is 1.98. The van der Waals surface area contributed by atoms with Crippen molar-refractivity contribution >= 4 is 49.3 Å². The molecular formula is C18H11BrClN. The van der Waals surface area contributed by atoms with Gasteiger partial charge in [0, 0.05) is 21.9 Å². The molecule has 1 nitrogen and oxygen atoms in total. The number of benzene rings is 3. The molecular weight excluding hydrogens is 346 g/mol. The van der Waals surface area contributed by atoms with Crippen LogP contribution in [0.1, 0.15) is 0 Å². The van der Waals surface area contributed by atoms with E-state index in [0.29, 0.717) is 0 Å². The molecule has 0 radical (unpaired) electrons. The van der Waals surface area contributed by atoms with Crippen LogP contribution in [0.15, 0.2) is 65.1 Å². The first kappa shape index (κ1) is 12.9. The van der Waals surface area contributed by atoms with E-state index >= 15 is 0 Å². The van der Waals surface area contributed by atoms with E-state index in [1.165, 1.54) is 5.39 Å². The Morgan fingerprint density at radius 2 is 1.57 bits per heavy atom. The first-order chi connectivity index (χ1) is 10.3. The predicted octanol–water partition coefficient (Wildman–Crippen LogP) is 6.40.